The molecule has 3 rings (SSSR count). The Morgan fingerprint density at radius 2 is 1.90 bits per heavy atom. The highest BCUT2D eigenvalue weighted by Crippen LogP contribution is 2.30. The van der Waals surface area contributed by atoms with Gasteiger partial charge >= 0.3 is 0 Å². The number of hydrogen-bond donors (Lipinski definition) is 1. The predicted octanol–water partition coefficient (Wildman–Crippen LogP) is 3.90. The Morgan fingerprint density at radius 1 is 1.05 bits per heavy atom. The summed E-state index contributed by atoms with van der Waals surface area (Å²) in [7, 11) is 0. The van der Waals surface area contributed by atoms with Crippen LogP contribution in [0.2, 0.25) is 0 Å². The molecular formula is C17H19N3S. The topological polar surface area (TPSA) is 37.8 Å². The Hall–Kier alpha value is -1.78. The van der Waals surface area contributed by atoms with Crippen LogP contribution >= 0.6 is 11.3 Å². The van der Waals surface area contributed by atoms with E-state index in [1.54, 1.807) is 11.3 Å². The minimum absolute atomic E-state index is 0.995. The number of hydrogen-bond acceptors (Lipinski definition) is 4. The predicted molar refractivity (Wildman–Crippen MR) is 89.7 cm³/mol. The smallest absolute Gasteiger partial charge is 0.148 e. The zero-order chi connectivity index (χ0) is 14.5. The molecule has 2 aromatic carbocycles. The van der Waals surface area contributed by atoms with Gasteiger partial charge in [0.2, 0.25) is 0 Å². The van der Waals surface area contributed by atoms with Gasteiger partial charge in [0.15, 0.2) is 0 Å². The molecule has 1 N–H and O–H groups in total. The van der Waals surface area contributed by atoms with E-state index in [0.29, 0.717) is 0 Å². The summed E-state index contributed by atoms with van der Waals surface area (Å²) in [5, 5.41) is 16.7. The van der Waals surface area contributed by atoms with Crippen LogP contribution in [0.5, 0.6) is 0 Å². The second-order valence-corrected chi connectivity index (χ2v) is 6.05. The molecule has 0 aliphatic heterocycles. The molecule has 0 aliphatic rings. The number of fused-ring (bicyclic) bond motifs is 1. The first-order chi connectivity index (χ1) is 10.4. The van der Waals surface area contributed by atoms with Gasteiger partial charge in [0.05, 0.1) is 0 Å². The van der Waals surface area contributed by atoms with Gasteiger partial charge in [0, 0.05) is 12.0 Å². The first kappa shape index (κ1) is 14.2. The molecule has 3 aromatic rings. The van der Waals surface area contributed by atoms with E-state index in [4.69, 9.17) is 0 Å². The number of rotatable bonds is 6. The number of aryl methyl sites for hydroxylation is 1. The monoisotopic (exact) mass is 297 g/mol. The van der Waals surface area contributed by atoms with Gasteiger partial charge in [0.25, 0.3) is 0 Å². The minimum atomic E-state index is 0.995. The van der Waals surface area contributed by atoms with Crippen molar-refractivity contribution in [3.05, 3.63) is 47.5 Å². The van der Waals surface area contributed by atoms with E-state index in [1.807, 2.05) is 0 Å². The number of nitrogens with one attached hydrogen (secondary N) is 1. The molecule has 0 aliphatic carbocycles. The average Bonchev–Trinajstić information content (AvgIpc) is 3.00. The van der Waals surface area contributed by atoms with Crippen LogP contribution in [-0.2, 0) is 6.42 Å². The van der Waals surface area contributed by atoms with E-state index in [9.17, 15) is 0 Å². The van der Waals surface area contributed by atoms with Gasteiger partial charge in [-0.15, -0.1) is 10.2 Å². The van der Waals surface area contributed by atoms with Crippen LogP contribution in [0.1, 0.15) is 18.4 Å². The molecule has 0 amide bonds. The fraction of sp³-hybridized carbons (Fsp3) is 0.294. The lowest BCUT2D eigenvalue weighted by Crippen LogP contribution is -2.14. The normalized spacial score (nSPS) is 11.1. The number of benzene rings is 2. The molecule has 0 unspecified atom stereocenters. The van der Waals surface area contributed by atoms with E-state index in [2.05, 4.69) is 64.9 Å². The SMILES string of the molecule is CCNCCCc1nnc(-c2cccc3ccccc23)s1. The Labute approximate surface area is 129 Å². The summed E-state index contributed by atoms with van der Waals surface area (Å²) in [6.07, 6.45) is 2.10. The minimum Gasteiger partial charge on any atom is -0.317 e. The summed E-state index contributed by atoms with van der Waals surface area (Å²) in [4.78, 5) is 0. The molecule has 0 fully saturated rings. The highest BCUT2D eigenvalue weighted by atomic mass is 32.1. The molecule has 21 heavy (non-hydrogen) atoms. The van der Waals surface area contributed by atoms with Gasteiger partial charge in [-0.25, -0.2) is 0 Å². The lowest BCUT2D eigenvalue weighted by molar-refractivity contribution is 0.669. The molecule has 1 aromatic heterocycles. The van der Waals surface area contributed by atoms with Crippen molar-refractivity contribution < 1.29 is 0 Å². The fourth-order valence-electron chi connectivity index (χ4n) is 2.42. The van der Waals surface area contributed by atoms with Gasteiger partial charge in [-0.3, -0.25) is 0 Å². The number of nitrogens with zero attached hydrogens (tertiary/aromatic N) is 2. The second-order valence-electron chi connectivity index (χ2n) is 4.98. The first-order valence-corrected chi connectivity index (χ1v) is 8.21. The molecule has 0 saturated heterocycles. The molecule has 0 atom stereocenters. The third-order valence-corrected chi connectivity index (χ3v) is 4.50. The molecule has 1 heterocycles. The highest BCUT2D eigenvalue weighted by Gasteiger charge is 2.09. The van der Waals surface area contributed by atoms with Crippen molar-refractivity contribution >= 4 is 22.1 Å². The lowest BCUT2D eigenvalue weighted by atomic mass is 10.1. The van der Waals surface area contributed by atoms with Gasteiger partial charge in [-0.1, -0.05) is 60.7 Å². The second kappa shape index (κ2) is 6.78. The third-order valence-electron chi connectivity index (χ3n) is 3.48. The molecule has 3 nitrogen and oxygen atoms in total. The van der Waals surface area contributed by atoms with Crippen LogP contribution < -0.4 is 5.32 Å². The van der Waals surface area contributed by atoms with E-state index in [0.717, 1.165) is 35.9 Å². The fourth-order valence-corrected chi connectivity index (χ4v) is 3.34. The summed E-state index contributed by atoms with van der Waals surface area (Å²) in [5.74, 6) is 0. The lowest BCUT2D eigenvalue weighted by Gasteiger charge is -2.02. The molecular weight excluding hydrogens is 278 g/mol. The van der Waals surface area contributed by atoms with Crippen molar-refractivity contribution in [1.82, 2.24) is 15.5 Å². The molecule has 0 radical (unpaired) electrons. The molecule has 0 saturated carbocycles. The largest absolute Gasteiger partial charge is 0.317 e. The highest BCUT2D eigenvalue weighted by molar-refractivity contribution is 7.14. The van der Waals surface area contributed by atoms with Gasteiger partial charge in [-0.05, 0) is 30.3 Å². The van der Waals surface area contributed by atoms with Crippen molar-refractivity contribution in [3.8, 4) is 10.6 Å². The quantitative estimate of drug-likeness (QED) is 0.701. The van der Waals surface area contributed by atoms with E-state index in [1.165, 1.54) is 16.3 Å². The van der Waals surface area contributed by atoms with Crippen LogP contribution in [-0.4, -0.2) is 23.3 Å². The zero-order valence-corrected chi connectivity index (χ0v) is 13.0. The molecule has 108 valence electrons. The summed E-state index contributed by atoms with van der Waals surface area (Å²) in [6, 6.07) is 14.8. The Morgan fingerprint density at radius 3 is 2.81 bits per heavy atom. The van der Waals surface area contributed by atoms with E-state index < -0.39 is 0 Å². The van der Waals surface area contributed by atoms with E-state index >= 15 is 0 Å². The Bertz CT molecular complexity index is 715. The maximum Gasteiger partial charge on any atom is 0.148 e. The maximum absolute atomic E-state index is 4.38. The van der Waals surface area contributed by atoms with Crippen molar-refractivity contribution in [2.24, 2.45) is 0 Å². The summed E-state index contributed by atoms with van der Waals surface area (Å²) in [6.45, 7) is 4.20. The van der Waals surface area contributed by atoms with Crippen molar-refractivity contribution in [2.75, 3.05) is 13.1 Å². The Balaban J connectivity index is 1.81. The first-order valence-electron chi connectivity index (χ1n) is 7.39. The number of aromatic nitrogens is 2. The van der Waals surface area contributed by atoms with Crippen molar-refractivity contribution in [1.29, 1.82) is 0 Å². The van der Waals surface area contributed by atoms with Crippen LogP contribution in [0, 0.1) is 0 Å². The van der Waals surface area contributed by atoms with Crippen LogP contribution in [0.4, 0.5) is 0 Å². The standard InChI is InChI=1S/C17H19N3S/c1-2-18-12-6-11-16-19-20-17(21-16)15-10-5-8-13-7-3-4-9-14(13)15/h3-5,7-10,18H,2,6,11-12H2,1H3. The molecule has 0 bridgehead atoms. The summed E-state index contributed by atoms with van der Waals surface area (Å²) in [5.41, 5.74) is 1.18. The zero-order valence-electron chi connectivity index (χ0n) is 12.2. The van der Waals surface area contributed by atoms with Crippen molar-refractivity contribution in [3.63, 3.8) is 0 Å². The van der Waals surface area contributed by atoms with Gasteiger partial charge in [0.1, 0.15) is 10.0 Å². The van der Waals surface area contributed by atoms with Crippen LogP contribution in [0.15, 0.2) is 42.5 Å². The van der Waals surface area contributed by atoms with Crippen molar-refractivity contribution in [2.45, 2.75) is 19.8 Å². The summed E-state index contributed by atoms with van der Waals surface area (Å²) < 4.78 is 0. The van der Waals surface area contributed by atoms with Gasteiger partial charge in [-0.2, -0.15) is 0 Å². The summed E-state index contributed by atoms with van der Waals surface area (Å²) >= 11 is 1.71. The van der Waals surface area contributed by atoms with Crippen LogP contribution in [0.3, 0.4) is 0 Å². The Kier molecular flexibility index (Phi) is 4.58. The maximum atomic E-state index is 4.38. The van der Waals surface area contributed by atoms with Crippen LogP contribution in [0.25, 0.3) is 21.3 Å². The van der Waals surface area contributed by atoms with E-state index in [-0.39, 0.29) is 0 Å². The third kappa shape index (κ3) is 3.28. The average molecular weight is 297 g/mol. The molecule has 0 spiro atoms. The molecule has 4 heteroatoms. The van der Waals surface area contributed by atoms with Gasteiger partial charge < -0.3 is 5.32 Å².